The van der Waals surface area contributed by atoms with Crippen LogP contribution in [0.1, 0.15) is 0 Å². The Hall–Kier alpha value is -1.42. The fraction of sp³-hybridized carbons (Fsp3) is 0.300. The Morgan fingerprint density at radius 3 is 3.13 bits per heavy atom. The molecule has 5 heteroatoms. The van der Waals surface area contributed by atoms with Crippen molar-refractivity contribution in [1.29, 1.82) is 0 Å². The van der Waals surface area contributed by atoms with Crippen molar-refractivity contribution in [2.75, 3.05) is 13.2 Å². The summed E-state index contributed by atoms with van der Waals surface area (Å²) in [7, 11) is 0. The van der Waals surface area contributed by atoms with E-state index in [1.807, 2.05) is 12.1 Å². The molecule has 1 atom stereocenters. The number of rotatable bonds is 3. The Morgan fingerprint density at radius 1 is 1.60 bits per heavy atom. The minimum atomic E-state index is -0.0241. The monoisotopic (exact) mass is 226 g/mol. The van der Waals surface area contributed by atoms with Crippen LogP contribution in [0.3, 0.4) is 0 Å². The quantitative estimate of drug-likeness (QED) is 0.849. The van der Waals surface area contributed by atoms with Gasteiger partial charge in [0.1, 0.15) is 25.0 Å². The number of hydrogen-bond donors (Lipinski definition) is 1. The number of amidine groups is 1. The molecule has 0 fully saturated rings. The lowest BCUT2D eigenvalue weighted by Crippen LogP contribution is -2.17. The maximum Gasteiger partial charge on any atom is 0.282 e. The Labute approximate surface area is 92.7 Å². The predicted octanol–water partition coefficient (Wildman–Crippen LogP) is 1.43. The van der Waals surface area contributed by atoms with Crippen molar-refractivity contribution in [1.82, 2.24) is 0 Å². The van der Waals surface area contributed by atoms with E-state index in [-0.39, 0.29) is 12.1 Å². The van der Waals surface area contributed by atoms with Crippen molar-refractivity contribution in [3.63, 3.8) is 0 Å². The maximum absolute atomic E-state index is 5.81. The van der Waals surface area contributed by atoms with E-state index in [0.29, 0.717) is 18.2 Å². The summed E-state index contributed by atoms with van der Waals surface area (Å²) in [6.45, 7) is 0.924. The van der Waals surface area contributed by atoms with E-state index >= 15 is 0 Å². The molecule has 1 aromatic carbocycles. The van der Waals surface area contributed by atoms with Crippen LogP contribution in [0.15, 0.2) is 29.3 Å². The SMILES string of the molecule is NC1=NC(COc2cccc(Cl)c2)CO1. The maximum atomic E-state index is 5.81. The van der Waals surface area contributed by atoms with Crippen molar-refractivity contribution in [2.45, 2.75) is 6.04 Å². The van der Waals surface area contributed by atoms with Crippen molar-refractivity contribution in [3.8, 4) is 5.75 Å². The van der Waals surface area contributed by atoms with Crippen LogP contribution in [0.25, 0.3) is 0 Å². The van der Waals surface area contributed by atoms with E-state index in [9.17, 15) is 0 Å². The normalized spacial score (nSPS) is 19.5. The van der Waals surface area contributed by atoms with E-state index in [1.165, 1.54) is 0 Å². The predicted molar refractivity (Wildman–Crippen MR) is 58.3 cm³/mol. The molecule has 1 aliphatic heterocycles. The molecule has 1 heterocycles. The van der Waals surface area contributed by atoms with Crippen LogP contribution in [0, 0.1) is 0 Å². The van der Waals surface area contributed by atoms with Gasteiger partial charge in [-0.2, -0.15) is 0 Å². The minimum Gasteiger partial charge on any atom is -0.491 e. The van der Waals surface area contributed by atoms with Crippen molar-refractivity contribution in [3.05, 3.63) is 29.3 Å². The minimum absolute atomic E-state index is 0.0241. The van der Waals surface area contributed by atoms with Gasteiger partial charge >= 0.3 is 0 Å². The third kappa shape index (κ3) is 2.76. The van der Waals surface area contributed by atoms with Gasteiger partial charge in [-0.05, 0) is 18.2 Å². The molecular weight excluding hydrogens is 216 g/mol. The Kier molecular flexibility index (Phi) is 2.97. The first-order valence-electron chi connectivity index (χ1n) is 4.58. The van der Waals surface area contributed by atoms with Gasteiger partial charge in [0, 0.05) is 5.02 Å². The van der Waals surface area contributed by atoms with Gasteiger partial charge in [0.15, 0.2) is 0 Å². The van der Waals surface area contributed by atoms with Gasteiger partial charge in [0.25, 0.3) is 6.02 Å². The third-order valence-corrected chi connectivity index (χ3v) is 2.21. The topological polar surface area (TPSA) is 56.8 Å². The van der Waals surface area contributed by atoms with Crippen molar-refractivity contribution in [2.24, 2.45) is 10.7 Å². The van der Waals surface area contributed by atoms with Gasteiger partial charge in [0.05, 0.1) is 0 Å². The molecule has 2 N–H and O–H groups in total. The van der Waals surface area contributed by atoms with Crippen LogP contribution in [-0.4, -0.2) is 25.3 Å². The van der Waals surface area contributed by atoms with Gasteiger partial charge in [0.2, 0.25) is 0 Å². The van der Waals surface area contributed by atoms with Gasteiger partial charge in [-0.1, -0.05) is 17.7 Å². The van der Waals surface area contributed by atoms with Crippen LogP contribution >= 0.6 is 11.6 Å². The molecule has 1 aromatic rings. The van der Waals surface area contributed by atoms with Gasteiger partial charge in [-0.3, -0.25) is 0 Å². The number of nitrogens with zero attached hydrogens (tertiary/aromatic N) is 1. The second-order valence-electron chi connectivity index (χ2n) is 3.20. The summed E-state index contributed by atoms with van der Waals surface area (Å²) >= 11 is 5.81. The molecule has 0 saturated heterocycles. The fourth-order valence-corrected chi connectivity index (χ4v) is 1.45. The Balaban J connectivity index is 1.88. The summed E-state index contributed by atoms with van der Waals surface area (Å²) in [6, 6.07) is 7.43. The second kappa shape index (κ2) is 4.40. The lowest BCUT2D eigenvalue weighted by Gasteiger charge is -2.08. The smallest absolute Gasteiger partial charge is 0.282 e. The molecule has 0 bridgehead atoms. The number of hydrogen-bond acceptors (Lipinski definition) is 4. The highest BCUT2D eigenvalue weighted by atomic mass is 35.5. The number of aliphatic imine (C=N–C) groups is 1. The van der Waals surface area contributed by atoms with E-state index in [0.717, 1.165) is 5.75 Å². The highest BCUT2D eigenvalue weighted by Gasteiger charge is 2.17. The van der Waals surface area contributed by atoms with Crippen LogP contribution in [0.4, 0.5) is 0 Å². The second-order valence-corrected chi connectivity index (χ2v) is 3.64. The summed E-state index contributed by atoms with van der Waals surface area (Å²) in [4.78, 5) is 4.04. The molecule has 2 rings (SSSR count). The number of halogens is 1. The number of benzene rings is 1. The first-order chi connectivity index (χ1) is 7.24. The van der Waals surface area contributed by atoms with E-state index in [1.54, 1.807) is 12.1 Å². The molecule has 0 aromatic heterocycles. The Bertz CT molecular complexity index is 381. The molecule has 0 amide bonds. The lowest BCUT2D eigenvalue weighted by molar-refractivity contribution is 0.241. The molecule has 80 valence electrons. The fourth-order valence-electron chi connectivity index (χ4n) is 1.27. The molecule has 0 spiro atoms. The average molecular weight is 227 g/mol. The largest absolute Gasteiger partial charge is 0.491 e. The summed E-state index contributed by atoms with van der Waals surface area (Å²) < 4.78 is 10.5. The number of nitrogens with two attached hydrogens (primary N) is 1. The molecule has 4 nitrogen and oxygen atoms in total. The zero-order valence-electron chi connectivity index (χ0n) is 8.02. The van der Waals surface area contributed by atoms with Gasteiger partial charge in [-0.25, -0.2) is 4.99 Å². The van der Waals surface area contributed by atoms with Crippen molar-refractivity contribution >= 4 is 17.6 Å². The van der Waals surface area contributed by atoms with Crippen LogP contribution in [-0.2, 0) is 4.74 Å². The molecule has 15 heavy (non-hydrogen) atoms. The molecule has 1 unspecified atom stereocenters. The van der Waals surface area contributed by atoms with Crippen LogP contribution in [0.5, 0.6) is 5.75 Å². The number of ether oxygens (including phenoxy) is 2. The zero-order chi connectivity index (χ0) is 10.7. The first-order valence-corrected chi connectivity index (χ1v) is 4.96. The summed E-state index contributed by atoms with van der Waals surface area (Å²) in [5.74, 6) is 0.725. The van der Waals surface area contributed by atoms with E-state index < -0.39 is 0 Å². The highest BCUT2D eigenvalue weighted by Crippen LogP contribution is 2.17. The van der Waals surface area contributed by atoms with E-state index in [2.05, 4.69) is 4.99 Å². The molecule has 1 aliphatic rings. The first kappa shape index (κ1) is 10.1. The molecule has 0 saturated carbocycles. The Morgan fingerprint density at radius 2 is 2.47 bits per heavy atom. The standard InChI is InChI=1S/C10H11ClN2O2/c11-7-2-1-3-9(4-7)14-5-8-6-15-10(12)13-8/h1-4,8H,5-6H2,(H2,12,13). The van der Waals surface area contributed by atoms with Gasteiger partial charge in [-0.15, -0.1) is 0 Å². The van der Waals surface area contributed by atoms with E-state index in [4.69, 9.17) is 26.8 Å². The highest BCUT2D eigenvalue weighted by molar-refractivity contribution is 6.30. The summed E-state index contributed by atoms with van der Waals surface area (Å²) in [5, 5.41) is 0.651. The molecule has 0 radical (unpaired) electrons. The summed E-state index contributed by atoms with van der Waals surface area (Å²) in [6.07, 6.45) is 0. The summed E-state index contributed by atoms with van der Waals surface area (Å²) in [5.41, 5.74) is 5.37. The molecular formula is C10H11ClN2O2. The third-order valence-electron chi connectivity index (χ3n) is 1.97. The molecule has 0 aliphatic carbocycles. The van der Waals surface area contributed by atoms with Gasteiger partial charge < -0.3 is 15.2 Å². The lowest BCUT2D eigenvalue weighted by atomic mass is 10.3. The van der Waals surface area contributed by atoms with Crippen LogP contribution in [0.2, 0.25) is 5.02 Å². The van der Waals surface area contributed by atoms with Crippen molar-refractivity contribution < 1.29 is 9.47 Å². The average Bonchev–Trinajstić information content (AvgIpc) is 2.62. The zero-order valence-corrected chi connectivity index (χ0v) is 8.78. The van der Waals surface area contributed by atoms with Crippen LogP contribution < -0.4 is 10.5 Å².